The number of fused-ring (bicyclic) bond motifs is 1. The number of hydrogen-bond donors (Lipinski definition) is 2. The topological polar surface area (TPSA) is 81.8 Å². The Morgan fingerprint density at radius 3 is 2.32 bits per heavy atom. The van der Waals surface area contributed by atoms with Crippen LogP contribution in [0.15, 0.2) is 72.8 Å². The molecule has 1 aliphatic heterocycles. The molecule has 7 nitrogen and oxygen atoms in total. The Hall–Kier alpha value is -3.84. The Morgan fingerprint density at radius 2 is 1.62 bits per heavy atom. The number of para-hydroxylation sites is 2. The Labute approximate surface area is 203 Å². The van der Waals surface area contributed by atoms with E-state index >= 15 is 0 Å². The summed E-state index contributed by atoms with van der Waals surface area (Å²) in [5.74, 6) is -0.597. The Balaban J connectivity index is 1.41. The normalized spacial score (nSPS) is 12.8. The van der Waals surface area contributed by atoms with E-state index in [0.717, 1.165) is 11.1 Å². The molecule has 1 heterocycles. The van der Waals surface area contributed by atoms with E-state index < -0.39 is 6.03 Å². The maximum atomic E-state index is 12.9. The molecule has 0 fully saturated rings. The number of urea groups is 1. The smallest absolute Gasteiger partial charge is 0.326 e. The van der Waals surface area contributed by atoms with E-state index in [1.165, 1.54) is 9.80 Å². The van der Waals surface area contributed by atoms with Gasteiger partial charge in [0.15, 0.2) is 0 Å². The summed E-state index contributed by atoms with van der Waals surface area (Å²) in [4.78, 5) is 41.3. The summed E-state index contributed by atoms with van der Waals surface area (Å²) >= 11 is 5.90. The highest BCUT2D eigenvalue weighted by atomic mass is 35.5. The summed E-state index contributed by atoms with van der Waals surface area (Å²) < 4.78 is 0. The molecule has 8 heteroatoms. The van der Waals surface area contributed by atoms with Crippen molar-refractivity contribution in [2.24, 2.45) is 0 Å². The highest BCUT2D eigenvalue weighted by Crippen LogP contribution is 2.33. The van der Waals surface area contributed by atoms with Gasteiger partial charge in [-0.1, -0.05) is 53.6 Å². The van der Waals surface area contributed by atoms with Crippen LogP contribution in [-0.2, 0) is 16.0 Å². The van der Waals surface area contributed by atoms with Crippen LogP contribution in [0.1, 0.15) is 11.1 Å². The Morgan fingerprint density at radius 1 is 0.941 bits per heavy atom. The van der Waals surface area contributed by atoms with Crippen molar-refractivity contribution in [3.05, 3.63) is 88.9 Å². The molecule has 4 rings (SSSR count). The van der Waals surface area contributed by atoms with Crippen LogP contribution in [0, 0.1) is 6.92 Å². The van der Waals surface area contributed by atoms with Crippen molar-refractivity contribution in [2.45, 2.75) is 13.3 Å². The number of carbonyl (C=O) groups is 3. The second kappa shape index (κ2) is 10.4. The molecule has 0 aromatic heterocycles. The maximum Gasteiger partial charge on any atom is 0.326 e. The molecule has 0 bridgehead atoms. The quantitative estimate of drug-likeness (QED) is 0.553. The van der Waals surface area contributed by atoms with Gasteiger partial charge in [-0.3, -0.25) is 19.4 Å². The number of halogens is 1. The molecular formula is C26H25ClN4O3. The lowest BCUT2D eigenvalue weighted by Gasteiger charge is -2.35. The molecular weight excluding hydrogens is 452 g/mol. The van der Waals surface area contributed by atoms with Crippen molar-refractivity contribution >= 4 is 46.5 Å². The van der Waals surface area contributed by atoms with Gasteiger partial charge < -0.3 is 10.6 Å². The molecule has 3 aromatic rings. The van der Waals surface area contributed by atoms with Gasteiger partial charge in [0, 0.05) is 17.3 Å². The van der Waals surface area contributed by atoms with Gasteiger partial charge in [0.1, 0.15) is 13.1 Å². The van der Waals surface area contributed by atoms with Gasteiger partial charge in [-0.05, 0) is 55.3 Å². The van der Waals surface area contributed by atoms with Gasteiger partial charge in [-0.15, -0.1) is 0 Å². The number of rotatable bonds is 6. The predicted molar refractivity (Wildman–Crippen MR) is 135 cm³/mol. The van der Waals surface area contributed by atoms with Crippen molar-refractivity contribution in [1.29, 1.82) is 0 Å². The number of carbonyl (C=O) groups excluding carboxylic acids is 3. The van der Waals surface area contributed by atoms with Gasteiger partial charge in [0.25, 0.3) is 0 Å². The summed E-state index contributed by atoms with van der Waals surface area (Å²) in [6.45, 7) is 2.12. The predicted octanol–water partition coefficient (Wildman–Crippen LogP) is 4.39. The number of amides is 4. The number of hydrogen-bond acceptors (Lipinski definition) is 3. The van der Waals surface area contributed by atoms with Crippen LogP contribution < -0.4 is 20.4 Å². The van der Waals surface area contributed by atoms with E-state index in [1.54, 1.807) is 24.3 Å². The fourth-order valence-corrected chi connectivity index (χ4v) is 3.87. The van der Waals surface area contributed by atoms with Crippen molar-refractivity contribution in [3.8, 4) is 0 Å². The second-order valence-electron chi connectivity index (χ2n) is 8.08. The Bertz CT molecular complexity index is 1200. The van der Waals surface area contributed by atoms with Crippen LogP contribution in [0.3, 0.4) is 0 Å². The number of nitrogens with zero attached hydrogens (tertiary/aromatic N) is 2. The molecule has 0 spiro atoms. The molecule has 0 unspecified atom stereocenters. The van der Waals surface area contributed by atoms with Crippen molar-refractivity contribution in [3.63, 3.8) is 0 Å². The fourth-order valence-electron chi connectivity index (χ4n) is 3.74. The Kier molecular flexibility index (Phi) is 7.13. The first-order valence-electron chi connectivity index (χ1n) is 11.0. The van der Waals surface area contributed by atoms with Crippen molar-refractivity contribution in [1.82, 2.24) is 5.32 Å². The average molecular weight is 477 g/mol. The van der Waals surface area contributed by atoms with Crippen LogP contribution >= 0.6 is 11.6 Å². The highest BCUT2D eigenvalue weighted by Gasteiger charge is 2.33. The minimum absolute atomic E-state index is 0.121. The minimum atomic E-state index is -0.406. The standard InChI is InChI=1S/C26H25ClN4O3/c1-18-6-12-21(13-7-18)29-26(34)31-17-25(33)30(22-4-2-3-5-23(22)31)16-24(32)28-15-14-19-8-10-20(27)11-9-19/h2-13H,14-17H2,1H3,(H,28,32)(H,29,34). The molecule has 0 saturated heterocycles. The summed E-state index contributed by atoms with van der Waals surface area (Å²) in [7, 11) is 0. The largest absolute Gasteiger partial charge is 0.354 e. The van der Waals surface area contributed by atoms with Crippen molar-refractivity contribution in [2.75, 3.05) is 34.8 Å². The van der Waals surface area contributed by atoms with Gasteiger partial charge in [-0.25, -0.2) is 4.79 Å². The van der Waals surface area contributed by atoms with Crippen molar-refractivity contribution < 1.29 is 14.4 Å². The lowest BCUT2D eigenvalue weighted by Crippen LogP contribution is -2.52. The van der Waals surface area contributed by atoms with Gasteiger partial charge in [0.2, 0.25) is 11.8 Å². The molecule has 0 atom stereocenters. The zero-order valence-electron chi connectivity index (χ0n) is 18.8. The minimum Gasteiger partial charge on any atom is -0.354 e. The molecule has 0 aliphatic carbocycles. The molecule has 3 aromatic carbocycles. The monoisotopic (exact) mass is 476 g/mol. The lowest BCUT2D eigenvalue weighted by atomic mass is 10.1. The van der Waals surface area contributed by atoms with E-state index in [0.29, 0.717) is 35.1 Å². The summed E-state index contributed by atoms with van der Waals surface area (Å²) in [6.07, 6.45) is 0.653. The molecule has 2 N–H and O–H groups in total. The number of anilines is 3. The first kappa shape index (κ1) is 23.3. The van der Waals surface area contributed by atoms with E-state index in [2.05, 4.69) is 10.6 Å². The lowest BCUT2D eigenvalue weighted by molar-refractivity contribution is -0.123. The summed E-state index contributed by atoms with van der Waals surface area (Å²) in [5, 5.41) is 6.35. The fraction of sp³-hybridized carbons (Fsp3) is 0.192. The molecule has 4 amide bonds. The van der Waals surface area contributed by atoms with Crippen LogP contribution in [0.25, 0.3) is 0 Å². The van der Waals surface area contributed by atoms with E-state index in [-0.39, 0.29) is 24.9 Å². The third-order valence-electron chi connectivity index (χ3n) is 5.56. The third kappa shape index (κ3) is 5.55. The van der Waals surface area contributed by atoms with Gasteiger partial charge >= 0.3 is 6.03 Å². The third-order valence-corrected chi connectivity index (χ3v) is 5.81. The average Bonchev–Trinajstić information content (AvgIpc) is 2.83. The summed E-state index contributed by atoms with van der Waals surface area (Å²) in [5.41, 5.74) is 3.87. The molecule has 0 saturated carbocycles. The number of aryl methyl sites for hydroxylation is 1. The maximum absolute atomic E-state index is 12.9. The number of benzene rings is 3. The van der Waals surface area contributed by atoms with E-state index in [9.17, 15) is 14.4 Å². The zero-order valence-corrected chi connectivity index (χ0v) is 19.5. The zero-order chi connectivity index (χ0) is 24.1. The van der Waals surface area contributed by atoms with Gasteiger partial charge in [0.05, 0.1) is 11.4 Å². The van der Waals surface area contributed by atoms with Crippen LogP contribution in [0.2, 0.25) is 5.02 Å². The second-order valence-corrected chi connectivity index (χ2v) is 8.51. The van der Waals surface area contributed by atoms with Crippen LogP contribution in [0.4, 0.5) is 21.9 Å². The SMILES string of the molecule is Cc1ccc(NC(=O)N2CC(=O)N(CC(=O)NCCc3ccc(Cl)cc3)c3ccccc32)cc1. The van der Waals surface area contributed by atoms with Crippen LogP contribution in [0.5, 0.6) is 0 Å². The highest BCUT2D eigenvalue weighted by molar-refractivity contribution is 6.30. The number of nitrogens with one attached hydrogen (secondary N) is 2. The van der Waals surface area contributed by atoms with Gasteiger partial charge in [-0.2, -0.15) is 0 Å². The van der Waals surface area contributed by atoms with E-state index in [4.69, 9.17) is 11.6 Å². The van der Waals surface area contributed by atoms with Crippen LogP contribution in [-0.4, -0.2) is 37.5 Å². The first-order valence-corrected chi connectivity index (χ1v) is 11.3. The molecule has 1 aliphatic rings. The molecule has 174 valence electrons. The summed E-state index contributed by atoms with van der Waals surface area (Å²) in [6, 6.07) is 21.5. The van der Waals surface area contributed by atoms with E-state index in [1.807, 2.05) is 55.5 Å². The molecule has 0 radical (unpaired) electrons. The first-order chi connectivity index (χ1) is 16.4. The molecule has 34 heavy (non-hydrogen) atoms.